The lowest BCUT2D eigenvalue weighted by atomic mass is 10.1. The van der Waals surface area contributed by atoms with Gasteiger partial charge < -0.3 is 34.9 Å². The first-order chi connectivity index (χ1) is 15.5. The van der Waals surface area contributed by atoms with Crippen molar-refractivity contribution < 1.29 is 28.5 Å². The largest absolute Gasteiger partial charge is 0.493 e. The second-order valence-corrected chi connectivity index (χ2v) is 7.15. The molecule has 0 atom stereocenters. The van der Waals surface area contributed by atoms with E-state index in [1.807, 2.05) is 30.3 Å². The molecule has 2 aromatic carbocycles. The molecular formula is C23H29N3O6. The zero-order valence-electron chi connectivity index (χ0n) is 18.4. The maximum absolute atomic E-state index is 12.6. The first-order valence-corrected chi connectivity index (χ1v) is 10.5. The van der Waals surface area contributed by atoms with Gasteiger partial charge in [-0.15, -0.1) is 0 Å². The summed E-state index contributed by atoms with van der Waals surface area (Å²) in [5.41, 5.74) is 8.21. The number of amides is 1. The van der Waals surface area contributed by atoms with Gasteiger partial charge in [0.2, 0.25) is 0 Å². The Morgan fingerprint density at radius 2 is 1.91 bits per heavy atom. The van der Waals surface area contributed by atoms with Crippen LogP contribution in [0.2, 0.25) is 0 Å². The van der Waals surface area contributed by atoms with Gasteiger partial charge in [-0.25, -0.2) is 4.79 Å². The molecule has 0 radical (unpaired) electrons. The Kier molecular flexibility index (Phi) is 8.15. The van der Waals surface area contributed by atoms with E-state index >= 15 is 0 Å². The summed E-state index contributed by atoms with van der Waals surface area (Å²) >= 11 is 0. The van der Waals surface area contributed by atoms with E-state index < -0.39 is 5.91 Å². The summed E-state index contributed by atoms with van der Waals surface area (Å²) in [7, 11) is 1.53. The van der Waals surface area contributed by atoms with E-state index in [1.165, 1.54) is 7.11 Å². The molecule has 0 aliphatic carbocycles. The van der Waals surface area contributed by atoms with Crippen molar-refractivity contribution in [2.75, 3.05) is 56.8 Å². The maximum Gasteiger partial charge on any atom is 0.340 e. The first kappa shape index (κ1) is 23.2. The standard InChI is InChI=1S/C23H29N3O6/c1-3-31-23(28)18-13-17(5-6-19(18)26-8-10-30-11-9-26)25-14-16-4-7-20(21(12-16)29-2)32-15-22(24)27/h4-7,12-13,25H,3,8-11,14-15H2,1-2H3,(H2,24,27). The van der Waals surface area contributed by atoms with Gasteiger partial charge in [0, 0.05) is 25.3 Å². The van der Waals surface area contributed by atoms with Crippen LogP contribution in [0, 0.1) is 0 Å². The highest BCUT2D eigenvalue weighted by Gasteiger charge is 2.20. The molecule has 172 valence electrons. The zero-order valence-corrected chi connectivity index (χ0v) is 18.4. The third kappa shape index (κ3) is 6.04. The second-order valence-electron chi connectivity index (χ2n) is 7.15. The molecule has 0 aromatic heterocycles. The van der Waals surface area contributed by atoms with Crippen molar-refractivity contribution in [1.29, 1.82) is 0 Å². The summed E-state index contributed by atoms with van der Waals surface area (Å²) in [5, 5.41) is 3.33. The lowest BCUT2D eigenvalue weighted by Crippen LogP contribution is -2.37. The lowest BCUT2D eigenvalue weighted by Gasteiger charge is -2.30. The third-order valence-electron chi connectivity index (χ3n) is 4.94. The van der Waals surface area contributed by atoms with Gasteiger partial charge in [-0.1, -0.05) is 6.07 Å². The molecule has 1 aliphatic rings. The summed E-state index contributed by atoms with van der Waals surface area (Å²) in [6.07, 6.45) is 0. The van der Waals surface area contributed by atoms with Crippen LogP contribution in [0.1, 0.15) is 22.8 Å². The summed E-state index contributed by atoms with van der Waals surface area (Å²) in [6.45, 7) is 5.08. The molecule has 1 heterocycles. The minimum absolute atomic E-state index is 0.222. The smallest absolute Gasteiger partial charge is 0.340 e. The Hall–Kier alpha value is -3.46. The Labute approximate surface area is 187 Å². The highest BCUT2D eigenvalue weighted by molar-refractivity contribution is 5.97. The Bertz CT molecular complexity index is 943. The average Bonchev–Trinajstić information content (AvgIpc) is 2.82. The number of nitrogens with two attached hydrogens (primary N) is 1. The highest BCUT2D eigenvalue weighted by atomic mass is 16.5. The van der Waals surface area contributed by atoms with Gasteiger partial charge in [-0.3, -0.25) is 4.79 Å². The van der Waals surface area contributed by atoms with Gasteiger partial charge in [0.15, 0.2) is 18.1 Å². The quantitative estimate of drug-likeness (QED) is 0.538. The van der Waals surface area contributed by atoms with Crippen LogP contribution in [0.4, 0.5) is 11.4 Å². The van der Waals surface area contributed by atoms with Gasteiger partial charge in [0.1, 0.15) is 0 Å². The number of nitrogens with zero attached hydrogens (tertiary/aromatic N) is 1. The van der Waals surface area contributed by atoms with Crippen LogP contribution in [0.15, 0.2) is 36.4 Å². The van der Waals surface area contributed by atoms with E-state index in [4.69, 9.17) is 24.7 Å². The van der Waals surface area contributed by atoms with Crippen LogP contribution in [0.25, 0.3) is 0 Å². The van der Waals surface area contributed by atoms with E-state index in [9.17, 15) is 9.59 Å². The zero-order chi connectivity index (χ0) is 22.9. The highest BCUT2D eigenvalue weighted by Crippen LogP contribution is 2.29. The minimum Gasteiger partial charge on any atom is -0.493 e. The predicted molar refractivity (Wildman–Crippen MR) is 120 cm³/mol. The molecule has 32 heavy (non-hydrogen) atoms. The van der Waals surface area contributed by atoms with E-state index in [2.05, 4.69) is 10.2 Å². The van der Waals surface area contributed by atoms with Crippen molar-refractivity contribution in [2.45, 2.75) is 13.5 Å². The molecular weight excluding hydrogens is 414 g/mol. The van der Waals surface area contributed by atoms with Crippen molar-refractivity contribution in [3.05, 3.63) is 47.5 Å². The number of hydrogen-bond donors (Lipinski definition) is 2. The average molecular weight is 444 g/mol. The molecule has 1 aliphatic heterocycles. The SMILES string of the molecule is CCOC(=O)c1cc(NCc2ccc(OCC(N)=O)c(OC)c2)ccc1N1CCOCC1. The van der Waals surface area contributed by atoms with Gasteiger partial charge >= 0.3 is 5.97 Å². The summed E-state index contributed by atoms with van der Waals surface area (Å²) in [4.78, 5) is 25.7. The van der Waals surface area contributed by atoms with Crippen LogP contribution in [0.5, 0.6) is 11.5 Å². The van der Waals surface area contributed by atoms with E-state index in [-0.39, 0.29) is 12.6 Å². The molecule has 1 fully saturated rings. The number of rotatable bonds is 10. The summed E-state index contributed by atoms with van der Waals surface area (Å²) in [6, 6.07) is 11.1. The van der Waals surface area contributed by atoms with E-state index in [0.29, 0.717) is 43.4 Å². The van der Waals surface area contributed by atoms with Crippen molar-refractivity contribution in [1.82, 2.24) is 0 Å². The molecule has 0 saturated carbocycles. The number of methoxy groups -OCH3 is 1. The molecule has 3 rings (SSSR count). The monoisotopic (exact) mass is 443 g/mol. The minimum atomic E-state index is -0.560. The molecule has 0 unspecified atom stereocenters. The van der Waals surface area contributed by atoms with Crippen LogP contribution in [-0.4, -0.2) is 58.5 Å². The van der Waals surface area contributed by atoms with Gasteiger partial charge in [-0.2, -0.15) is 0 Å². The molecule has 2 aromatic rings. The van der Waals surface area contributed by atoms with E-state index in [1.54, 1.807) is 13.0 Å². The normalized spacial score (nSPS) is 13.4. The fourth-order valence-corrected chi connectivity index (χ4v) is 3.39. The molecule has 9 nitrogen and oxygen atoms in total. The number of ether oxygens (including phenoxy) is 4. The number of morpholine rings is 1. The number of hydrogen-bond acceptors (Lipinski definition) is 8. The Balaban J connectivity index is 1.74. The van der Waals surface area contributed by atoms with Crippen molar-refractivity contribution >= 4 is 23.3 Å². The molecule has 1 saturated heterocycles. The number of benzene rings is 2. The second kappa shape index (κ2) is 11.2. The van der Waals surface area contributed by atoms with Crippen LogP contribution in [-0.2, 0) is 20.8 Å². The number of carbonyl (C=O) groups is 2. The predicted octanol–water partition coefficient (Wildman–Crippen LogP) is 2.18. The van der Waals surface area contributed by atoms with Gasteiger partial charge in [0.05, 0.1) is 38.2 Å². The van der Waals surface area contributed by atoms with Crippen LogP contribution >= 0.6 is 0 Å². The molecule has 0 spiro atoms. The van der Waals surface area contributed by atoms with Crippen molar-refractivity contribution in [3.63, 3.8) is 0 Å². The summed E-state index contributed by atoms with van der Waals surface area (Å²) in [5.74, 6) is 0.0286. The lowest BCUT2D eigenvalue weighted by molar-refractivity contribution is -0.119. The van der Waals surface area contributed by atoms with Crippen molar-refractivity contribution in [3.8, 4) is 11.5 Å². The molecule has 1 amide bonds. The molecule has 0 bridgehead atoms. The number of esters is 1. The first-order valence-electron chi connectivity index (χ1n) is 10.5. The van der Waals surface area contributed by atoms with Crippen molar-refractivity contribution in [2.24, 2.45) is 5.73 Å². The van der Waals surface area contributed by atoms with Gasteiger partial charge in [0.25, 0.3) is 5.91 Å². The fourth-order valence-electron chi connectivity index (χ4n) is 3.39. The Morgan fingerprint density at radius 1 is 1.12 bits per heavy atom. The van der Waals surface area contributed by atoms with Gasteiger partial charge in [-0.05, 0) is 42.8 Å². The molecule has 3 N–H and O–H groups in total. The number of primary amides is 1. The fraction of sp³-hybridized carbons (Fsp3) is 0.391. The Morgan fingerprint density at radius 3 is 2.59 bits per heavy atom. The molecule has 9 heteroatoms. The summed E-state index contributed by atoms with van der Waals surface area (Å²) < 4.78 is 21.4. The maximum atomic E-state index is 12.6. The number of nitrogens with one attached hydrogen (secondary N) is 1. The number of anilines is 2. The van der Waals surface area contributed by atoms with Crippen LogP contribution in [0.3, 0.4) is 0 Å². The topological polar surface area (TPSA) is 112 Å². The number of carbonyl (C=O) groups excluding carboxylic acids is 2. The van der Waals surface area contributed by atoms with E-state index in [0.717, 1.165) is 30.0 Å². The van der Waals surface area contributed by atoms with Crippen LogP contribution < -0.4 is 25.4 Å². The third-order valence-corrected chi connectivity index (χ3v) is 4.94.